The van der Waals surface area contributed by atoms with Gasteiger partial charge in [0.15, 0.2) is 0 Å². The molecule has 1 heterocycles. The van der Waals surface area contributed by atoms with Crippen molar-refractivity contribution >= 4 is 34.6 Å². The molecule has 0 fully saturated rings. The number of nitrogens with one attached hydrogen (secondary N) is 1. The van der Waals surface area contributed by atoms with Crippen molar-refractivity contribution in [2.24, 2.45) is 0 Å². The number of hydrogen-bond donors (Lipinski definition) is 2. The molecule has 0 aliphatic heterocycles. The smallest absolute Gasteiger partial charge is 0.267 e. The summed E-state index contributed by atoms with van der Waals surface area (Å²) in [6, 6.07) is 17.4. The van der Waals surface area contributed by atoms with Crippen LogP contribution in [-0.2, 0) is 4.79 Å². The summed E-state index contributed by atoms with van der Waals surface area (Å²) in [6.07, 6.45) is 6.73. The molecule has 25 heavy (non-hydrogen) atoms. The van der Waals surface area contributed by atoms with Gasteiger partial charge in [-0.25, -0.2) is 5.48 Å². The molecule has 4 nitrogen and oxygen atoms in total. The number of para-hydroxylation sites is 1. The predicted molar refractivity (Wildman–Crippen MR) is 99.7 cm³/mol. The highest BCUT2D eigenvalue weighted by Gasteiger charge is 2.04. The topological polar surface area (TPSA) is 62.5 Å². The van der Waals surface area contributed by atoms with E-state index in [4.69, 9.17) is 9.62 Å². The highest BCUT2D eigenvalue weighted by molar-refractivity contribution is 5.90. The summed E-state index contributed by atoms with van der Waals surface area (Å²) in [4.78, 5) is 11.0. The molecule has 0 spiro atoms. The minimum Gasteiger partial charge on any atom is -0.456 e. The third kappa shape index (κ3) is 4.13. The number of benzene rings is 2. The zero-order valence-electron chi connectivity index (χ0n) is 13.5. The summed E-state index contributed by atoms with van der Waals surface area (Å²) in [6.45, 7) is 4.05. The third-order valence-corrected chi connectivity index (χ3v) is 3.69. The quantitative estimate of drug-likeness (QED) is 0.309. The van der Waals surface area contributed by atoms with Crippen molar-refractivity contribution in [3.05, 3.63) is 90.2 Å². The van der Waals surface area contributed by atoms with Crippen molar-refractivity contribution in [3.63, 3.8) is 0 Å². The van der Waals surface area contributed by atoms with E-state index < -0.39 is 5.91 Å². The maximum atomic E-state index is 11.0. The van der Waals surface area contributed by atoms with Gasteiger partial charge in [0.25, 0.3) is 5.91 Å². The predicted octanol–water partition coefficient (Wildman–Crippen LogP) is 4.68. The Balaban J connectivity index is 1.69. The van der Waals surface area contributed by atoms with Crippen LogP contribution in [0.2, 0.25) is 0 Å². The van der Waals surface area contributed by atoms with E-state index in [9.17, 15) is 4.79 Å². The Kier molecular flexibility index (Phi) is 4.92. The van der Waals surface area contributed by atoms with Gasteiger partial charge in [-0.2, -0.15) is 0 Å². The monoisotopic (exact) mass is 331 g/mol. The molecule has 0 saturated carbocycles. The molecular formula is C21H17NO3. The largest absolute Gasteiger partial charge is 0.456 e. The van der Waals surface area contributed by atoms with Gasteiger partial charge in [-0.15, -0.1) is 0 Å². The van der Waals surface area contributed by atoms with Crippen molar-refractivity contribution in [1.82, 2.24) is 5.48 Å². The molecule has 3 aromatic rings. The summed E-state index contributed by atoms with van der Waals surface area (Å²) < 4.78 is 5.78. The molecular weight excluding hydrogens is 314 g/mol. The highest BCUT2D eigenvalue weighted by atomic mass is 16.5. The second-order valence-electron chi connectivity index (χ2n) is 5.48. The van der Waals surface area contributed by atoms with Crippen LogP contribution in [0.4, 0.5) is 0 Å². The number of fused-ring (bicyclic) bond motifs is 1. The minimum absolute atomic E-state index is 0.564. The Labute approximate surface area is 145 Å². The standard InChI is InChI=1S/C21H17NO3/c1-15(20-14-18-4-2-3-5-19(18)25-20)6-7-16-8-10-17(11-9-16)12-13-21(23)22-24/h2-14,24H,1H2,(H,22,23)/b7-6+,13-12+. The van der Waals surface area contributed by atoms with Crippen LogP contribution < -0.4 is 5.48 Å². The molecule has 0 aliphatic carbocycles. The van der Waals surface area contributed by atoms with Gasteiger partial charge in [-0.3, -0.25) is 10.0 Å². The average Bonchev–Trinajstić information content (AvgIpc) is 3.09. The van der Waals surface area contributed by atoms with Crippen molar-refractivity contribution < 1.29 is 14.4 Å². The number of hydroxylamine groups is 1. The zero-order chi connectivity index (χ0) is 17.6. The van der Waals surface area contributed by atoms with Crippen LogP contribution in [0.3, 0.4) is 0 Å². The number of hydrogen-bond acceptors (Lipinski definition) is 3. The first-order valence-electron chi connectivity index (χ1n) is 7.74. The SMILES string of the molecule is C=C(/C=C/c1ccc(/C=C/C(=O)NO)cc1)c1cc2ccccc2o1. The normalized spacial score (nSPS) is 11.4. The van der Waals surface area contributed by atoms with Crippen molar-refractivity contribution in [2.75, 3.05) is 0 Å². The summed E-state index contributed by atoms with van der Waals surface area (Å²) in [5.74, 6) is 0.179. The lowest BCUT2D eigenvalue weighted by Crippen LogP contribution is -2.14. The molecule has 0 atom stereocenters. The van der Waals surface area contributed by atoms with E-state index in [0.29, 0.717) is 0 Å². The Morgan fingerprint density at radius 3 is 2.28 bits per heavy atom. The fourth-order valence-corrected chi connectivity index (χ4v) is 2.35. The number of carbonyl (C=O) groups excluding carboxylic acids is 1. The lowest BCUT2D eigenvalue weighted by Gasteiger charge is -1.97. The van der Waals surface area contributed by atoms with E-state index in [2.05, 4.69) is 6.58 Å². The first-order chi connectivity index (χ1) is 12.2. The number of allylic oxidation sites excluding steroid dienone is 2. The summed E-state index contributed by atoms with van der Waals surface area (Å²) in [7, 11) is 0. The van der Waals surface area contributed by atoms with Crippen LogP contribution in [0.15, 0.2) is 77.7 Å². The van der Waals surface area contributed by atoms with Gasteiger partial charge in [0.1, 0.15) is 11.3 Å². The van der Waals surface area contributed by atoms with Crippen LogP contribution in [0, 0.1) is 0 Å². The Bertz CT molecular complexity index is 929. The zero-order valence-corrected chi connectivity index (χ0v) is 13.5. The second kappa shape index (κ2) is 7.47. The molecule has 0 saturated heterocycles. The van der Waals surface area contributed by atoms with E-state index in [1.165, 1.54) is 6.08 Å². The maximum absolute atomic E-state index is 11.0. The molecule has 0 unspecified atom stereocenters. The molecule has 2 N–H and O–H groups in total. The van der Waals surface area contributed by atoms with E-state index in [1.807, 2.05) is 66.7 Å². The third-order valence-electron chi connectivity index (χ3n) is 3.69. The van der Waals surface area contributed by atoms with Crippen LogP contribution in [0.5, 0.6) is 0 Å². The molecule has 0 aliphatic rings. The molecule has 1 amide bonds. The van der Waals surface area contributed by atoms with Gasteiger partial charge in [-0.05, 0) is 29.3 Å². The number of amides is 1. The Morgan fingerprint density at radius 2 is 1.64 bits per heavy atom. The molecule has 0 radical (unpaired) electrons. The molecule has 4 heteroatoms. The molecule has 0 bridgehead atoms. The van der Waals surface area contributed by atoms with Gasteiger partial charge >= 0.3 is 0 Å². The van der Waals surface area contributed by atoms with Crippen LogP contribution in [0.25, 0.3) is 28.7 Å². The van der Waals surface area contributed by atoms with Crippen molar-refractivity contribution in [1.29, 1.82) is 0 Å². The maximum Gasteiger partial charge on any atom is 0.267 e. The molecule has 124 valence electrons. The van der Waals surface area contributed by atoms with E-state index in [1.54, 1.807) is 11.6 Å². The van der Waals surface area contributed by atoms with Crippen LogP contribution in [0.1, 0.15) is 16.9 Å². The molecule has 2 aromatic carbocycles. The van der Waals surface area contributed by atoms with Gasteiger partial charge in [0.2, 0.25) is 0 Å². The average molecular weight is 331 g/mol. The first kappa shape index (κ1) is 16.5. The van der Waals surface area contributed by atoms with Crippen molar-refractivity contribution in [2.45, 2.75) is 0 Å². The number of furan rings is 1. The molecule has 3 rings (SSSR count). The highest BCUT2D eigenvalue weighted by Crippen LogP contribution is 2.24. The molecule has 1 aromatic heterocycles. The summed E-state index contributed by atoms with van der Waals surface area (Å²) in [5.41, 5.74) is 5.04. The van der Waals surface area contributed by atoms with Gasteiger partial charge in [0, 0.05) is 17.0 Å². The fourth-order valence-electron chi connectivity index (χ4n) is 2.35. The fraction of sp³-hybridized carbons (Fsp3) is 0. The van der Waals surface area contributed by atoms with Gasteiger partial charge in [0.05, 0.1) is 0 Å². The van der Waals surface area contributed by atoms with Gasteiger partial charge < -0.3 is 4.42 Å². The van der Waals surface area contributed by atoms with Crippen LogP contribution in [-0.4, -0.2) is 11.1 Å². The van der Waals surface area contributed by atoms with E-state index in [-0.39, 0.29) is 0 Å². The lowest BCUT2D eigenvalue weighted by atomic mass is 10.1. The minimum atomic E-state index is -0.564. The van der Waals surface area contributed by atoms with Crippen molar-refractivity contribution in [3.8, 4) is 0 Å². The number of rotatable bonds is 5. The summed E-state index contributed by atoms with van der Waals surface area (Å²) in [5, 5.41) is 9.49. The lowest BCUT2D eigenvalue weighted by molar-refractivity contribution is -0.124. The van der Waals surface area contributed by atoms with Crippen LogP contribution >= 0.6 is 0 Å². The second-order valence-corrected chi connectivity index (χ2v) is 5.48. The summed E-state index contributed by atoms with van der Waals surface area (Å²) >= 11 is 0. The van der Waals surface area contributed by atoms with E-state index >= 15 is 0 Å². The first-order valence-corrected chi connectivity index (χ1v) is 7.74. The van der Waals surface area contributed by atoms with E-state index in [0.717, 1.165) is 33.4 Å². The Hall–Kier alpha value is -3.37. The van der Waals surface area contributed by atoms with Gasteiger partial charge in [-0.1, -0.05) is 61.2 Å². The Morgan fingerprint density at radius 1 is 1.00 bits per heavy atom. The number of carbonyl (C=O) groups is 1.